The normalized spacial score (nSPS) is 23.6. The minimum atomic E-state index is -0.457. The van der Waals surface area contributed by atoms with Crippen LogP contribution in [0.25, 0.3) is 0 Å². The summed E-state index contributed by atoms with van der Waals surface area (Å²) >= 11 is 7.91. The number of nitrogens with one attached hydrogen (secondary N) is 1. The van der Waals surface area contributed by atoms with Crippen LogP contribution in [0.5, 0.6) is 0 Å². The van der Waals surface area contributed by atoms with Crippen molar-refractivity contribution in [3.8, 4) is 0 Å². The number of rotatable bonds is 3. The maximum atomic E-state index is 12.5. The van der Waals surface area contributed by atoms with Crippen LogP contribution in [0.1, 0.15) is 30.9 Å². The van der Waals surface area contributed by atoms with Crippen molar-refractivity contribution in [2.24, 2.45) is 11.7 Å². The highest BCUT2D eigenvalue weighted by Crippen LogP contribution is 2.37. The Morgan fingerprint density at radius 1 is 1.36 bits per heavy atom. The van der Waals surface area contributed by atoms with Crippen molar-refractivity contribution in [1.29, 1.82) is 0 Å². The van der Waals surface area contributed by atoms with Crippen LogP contribution in [0.15, 0.2) is 23.1 Å². The molecule has 22 heavy (non-hydrogen) atoms. The number of hydrogen-bond acceptors (Lipinski definition) is 4. The molecule has 0 saturated carbocycles. The molecule has 0 aliphatic carbocycles. The summed E-state index contributed by atoms with van der Waals surface area (Å²) in [7, 11) is 0. The van der Waals surface area contributed by atoms with Crippen LogP contribution in [0.2, 0.25) is 5.02 Å². The summed E-state index contributed by atoms with van der Waals surface area (Å²) in [6, 6.07) is 5.42. The fourth-order valence-electron chi connectivity index (χ4n) is 3.07. The van der Waals surface area contributed by atoms with Crippen LogP contribution in [0.4, 0.5) is 0 Å². The molecule has 2 unspecified atom stereocenters. The zero-order valence-corrected chi connectivity index (χ0v) is 14.0. The van der Waals surface area contributed by atoms with Gasteiger partial charge >= 0.3 is 0 Å². The summed E-state index contributed by atoms with van der Waals surface area (Å²) in [6.45, 7) is 1.40. The van der Waals surface area contributed by atoms with Gasteiger partial charge in [-0.15, -0.1) is 11.8 Å². The molecule has 2 aliphatic rings. The third kappa shape index (κ3) is 3.59. The van der Waals surface area contributed by atoms with Crippen LogP contribution >= 0.6 is 23.4 Å². The Morgan fingerprint density at radius 3 is 2.91 bits per heavy atom. The number of benzene rings is 1. The molecule has 4 nitrogen and oxygen atoms in total. The molecule has 6 heteroatoms. The molecule has 3 N–H and O–H groups in total. The molecular formula is C16H21ClN2O2S. The topological polar surface area (TPSA) is 64.4 Å². The average Bonchev–Trinajstić information content (AvgIpc) is 2.55. The smallest absolute Gasteiger partial charge is 0.237 e. The summed E-state index contributed by atoms with van der Waals surface area (Å²) in [6.07, 6.45) is 2.62. The highest BCUT2D eigenvalue weighted by atomic mass is 35.5. The van der Waals surface area contributed by atoms with Gasteiger partial charge in [-0.05, 0) is 48.9 Å². The van der Waals surface area contributed by atoms with Gasteiger partial charge in [-0.1, -0.05) is 11.6 Å². The summed E-state index contributed by atoms with van der Waals surface area (Å²) in [4.78, 5) is 13.7. The predicted octanol–water partition coefficient (Wildman–Crippen LogP) is 2.75. The molecule has 1 amide bonds. The van der Waals surface area contributed by atoms with Gasteiger partial charge in [-0.2, -0.15) is 0 Å². The number of ether oxygens (including phenoxy) is 1. The largest absolute Gasteiger partial charge is 0.381 e. The Balaban J connectivity index is 1.68. The van der Waals surface area contributed by atoms with Gasteiger partial charge in [0.25, 0.3) is 0 Å². The van der Waals surface area contributed by atoms with Crippen molar-refractivity contribution in [3.63, 3.8) is 0 Å². The van der Waals surface area contributed by atoms with Crippen LogP contribution in [0, 0.1) is 5.92 Å². The Bertz CT molecular complexity index is 549. The molecule has 1 saturated heterocycles. The van der Waals surface area contributed by atoms with Gasteiger partial charge in [-0.25, -0.2) is 0 Å². The predicted molar refractivity (Wildman–Crippen MR) is 89.2 cm³/mol. The van der Waals surface area contributed by atoms with E-state index in [2.05, 4.69) is 5.32 Å². The number of amides is 1. The van der Waals surface area contributed by atoms with Gasteiger partial charge in [0.2, 0.25) is 5.91 Å². The van der Waals surface area contributed by atoms with Gasteiger partial charge in [-0.3, -0.25) is 4.79 Å². The second-order valence-corrected chi connectivity index (χ2v) is 7.43. The molecule has 2 atom stereocenters. The average molecular weight is 341 g/mol. The molecule has 1 aromatic carbocycles. The number of carbonyl (C=O) groups excluding carboxylic acids is 1. The molecule has 0 aromatic heterocycles. The van der Waals surface area contributed by atoms with Crippen molar-refractivity contribution in [2.75, 3.05) is 19.0 Å². The quantitative estimate of drug-likeness (QED) is 0.888. The van der Waals surface area contributed by atoms with Crippen LogP contribution in [-0.4, -0.2) is 30.9 Å². The lowest BCUT2D eigenvalue weighted by atomic mass is 9.91. The molecule has 2 heterocycles. The maximum Gasteiger partial charge on any atom is 0.237 e. The number of thioether (sulfide) groups is 1. The van der Waals surface area contributed by atoms with E-state index in [1.165, 1.54) is 4.90 Å². The zero-order valence-electron chi connectivity index (χ0n) is 12.4. The number of nitrogens with two attached hydrogens (primary N) is 1. The molecule has 120 valence electrons. The number of fused-ring (bicyclic) bond motifs is 1. The Kier molecular flexibility index (Phi) is 5.29. The lowest BCUT2D eigenvalue weighted by molar-refractivity contribution is -0.125. The zero-order chi connectivity index (χ0) is 15.5. The maximum absolute atomic E-state index is 12.5. The number of carbonyl (C=O) groups is 1. The number of hydrogen-bond donors (Lipinski definition) is 2. The van der Waals surface area contributed by atoms with E-state index in [-0.39, 0.29) is 17.9 Å². The van der Waals surface area contributed by atoms with Crippen molar-refractivity contribution in [2.45, 2.75) is 36.2 Å². The van der Waals surface area contributed by atoms with E-state index in [1.807, 2.05) is 18.2 Å². The first kappa shape index (κ1) is 16.1. The van der Waals surface area contributed by atoms with Gasteiger partial charge in [0.05, 0.1) is 12.1 Å². The first-order chi connectivity index (χ1) is 10.6. The lowest BCUT2D eigenvalue weighted by Gasteiger charge is -2.30. The molecule has 0 bridgehead atoms. The van der Waals surface area contributed by atoms with E-state index in [1.54, 1.807) is 11.8 Å². The third-order valence-corrected chi connectivity index (χ3v) is 5.76. The summed E-state index contributed by atoms with van der Waals surface area (Å²) in [5.74, 6) is 1.15. The monoisotopic (exact) mass is 340 g/mol. The fourth-order valence-corrected chi connectivity index (χ4v) is 4.36. The van der Waals surface area contributed by atoms with Crippen molar-refractivity contribution in [3.05, 3.63) is 28.8 Å². The van der Waals surface area contributed by atoms with Crippen LogP contribution in [0.3, 0.4) is 0 Å². The summed E-state index contributed by atoms with van der Waals surface area (Å²) in [5.41, 5.74) is 7.27. The molecule has 1 fully saturated rings. The molecule has 0 spiro atoms. The van der Waals surface area contributed by atoms with Crippen molar-refractivity contribution in [1.82, 2.24) is 5.32 Å². The fraction of sp³-hybridized carbons (Fsp3) is 0.562. The van der Waals surface area contributed by atoms with E-state index in [0.29, 0.717) is 18.2 Å². The Morgan fingerprint density at radius 2 is 2.14 bits per heavy atom. The highest BCUT2D eigenvalue weighted by molar-refractivity contribution is 7.99. The van der Waals surface area contributed by atoms with Crippen LogP contribution < -0.4 is 11.1 Å². The second kappa shape index (κ2) is 7.21. The summed E-state index contributed by atoms with van der Waals surface area (Å²) in [5, 5.41) is 3.83. The van der Waals surface area contributed by atoms with E-state index in [9.17, 15) is 4.79 Å². The first-order valence-corrected chi connectivity index (χ1v) is 9.07. The third-order valence-electron chi connectivity index (χ3n) is 4.40. The van der Waals surface area contributed by atoms with E-state index >= 15 is 0 Å². The van der Waals surface area contributed by atoms with Gasteiger partial charge < -0.3 is 15.8 Å². The van der Waals surface area contributed by atoms with Gasteiger partial charge in [0, 0.05) is 28.9 Å². The van der Waals surface area contributed by atoms with Crippen molar-refractivity contribution >= 4 is 29.3 Å². The Hall–Kier alpha value is -0.750. The molecule has 3 rings (SSSR count). The van der Waals surface area contributed by atoms with E-state index in [4.69, 9.17) is 22.1 Å². The summed E-state index contributed by atoms with van der Waals surface area (Å²) < 4.78 is 5.33. The van der Waals surface area contributed by atoms with E-state index < -0.39 is 6.04 Å². The molecule has 0 radical (unpaired) electrons. The standard InChI is InChI=1S/C16H21ClN2O2S/c17-11-1-2-14-12(9-11)13(5-8-22-14)19-16(20)15(18)10-3-6-21-7-4-10/h1-2,9-10,13,15H,3-8,18H2,(H,19,20). The minimum absolute atomic E-state index is 0.00772. The Labute approximate surface area is 140 Å². The van der Waals surface area contributed by atoms with E-state index in [0.717, 1.165) is 30.6 Å². The van der Waals surface area contributed by atoms with Crippen LogP contribution in [-0.2, 0) is 9.53 Å². The molecular weight excluding hydrogens is 320 g/mol. The molecule has 1 aromatic rings. The minimum Gasteiger partial charge on any atom is -0.381 e. The van der Waals surface area contributed by atoms with Gasteiger partial charge in [0.1, 0.15) is 0 Å². The second-order valence-electron chi connectivity index (χ2n) is 5.86. The van der Waals surface area contributed by atoms with Crippen molar-refractivity contribution < 1.29 is 9.53 Å². The van der Waals surface area contributed by atoms with Gasteiger partial charge in [0.15, 0.2) is 0 Å². The SMILES string of the molecule is NC(C(=O)NC1CCSc2ccc(Cl)cc21)C1CCOCC1. The lowest BCUT2D eigenvalue weighted by Crippen LogP contribution is -2.48. The number of halogens is 1. The highest BCUT2D eigenvalue weighted by Gasteiger charge is 2.29. The molecule has 2 aliphatic heterocycles. The first-order valence-electron chi connectivity index (χ1n) is 7.71.